The molecule has 60 heavy (non-hydrogen) atoms. The van der Waals surface area contributed by atoms with Gasteiger partial charge in [0.15, 0.2) is 37.2 Å². The molecule has 5 N–H and O–H groups in total. The van der Waals surface area contributed by atoms with Gasteiger partial charge in [-0.25, -0.2) is 13.7 Å². The lowest BCUT2D eigenvalue weighted by molar-refractivity contribution is -0.671. The Morgan fingerprint density at radius 3 is 1.07 bits per heavy atom. The second-order valence-electron chi connectivity index (χ2n) is 15.3. The first-order chi connectivity index (χ1) is 29.3. The van der Waals surface area contributed by atoms with Crippen LogP contribution in [0.25, 0.3) is 22.3 Å². The van der Waals surface area contributed by atoms with Crippen LogP contribution in [-0.4, -0.2) is 25.8 Å². The van der Waals surface area contributed by atoms with E-state index in [2.05, 4.69) is 164 Å². The van der Waals surface area contributed by atoms with Gasteiger partial charge in [-0.05, 0) is 95.1 Å². The smallest absolute Gasteiger partial charge is 0.255 e. The zero-order chi connectivity index (χ0) is 40.7. The van der Waals surface area contributed by atoms with Crippen molar-refractivity contribution in [3.63, 3.8) is 0 Å². The van der Waals surface area contributed by atoms with Crippen LogP contribution < -0.4 is 40.4 Å². The molecule has 1 amide bonds. The Morgan fingerprint density at radius 1 is 0.383 bits per heavy atom. The molecule has 1 aliphatic rings. The summed E-state index contributed by atoms with van der Waals surface area (Å²) in [6.07, 6.45) is 12.5. The Balaban J connectivity index is 1.24. The third-order valence-corrected chi connectivity index (χ3v) is 11.2. The molecule has 9 heteroatoms. The number of aromatic amines is 4. The largest absolute Gasteiger partial charge is 0.354 e. The molecule has 0 fully saturated rings. The minimum Gasteiger partial charge on any atom is -0.354 e. The lowest BCUT2D eigenvalue weighted by atomic mass is 10.0. The van der Waals surface area contributed by atoms with Gasteiger partial charge in [-0.2, -0.15) is 0 Å². The van der Waals surface area contributed by atoms with Gasteiger partial charge < -0.3 is 25.3 Å². The number of hydrogen-bond donors (Lipinski definition) is 5. The first kappa shape index (κ1) is 36.3. The molecule has 0 saturated carbocycles. The highest BCUT2D eigenvalue weighted by Gasteiger charge is 2.19. The van der Waals surface area contributed by atoms with Crippen molar-refractivity contribution in [2.75, 3.05) is 5.32 Å². The van der Waals surface area contributed by atoms with E-state index in [1.165, 1.54) is 0 Å². The van der Waals surface area contributed by atoms with Gasteiger partial charge in [-0.3, -0.25) is 4.79 Å². The maximum absolute atomic E-state index is 13.1. The van der Waals surface area contributed by atoms with E-state index in [9.17, 15) is 4.79 Å². The van der Waals surface area contributed by atoms with Crippen LogP contribution in [0.2, 0.25) is 0 Å². The normalized spacial score (nSPS) is 12.5. The molecule has 0 saturated heterocycles. The molecule has 8 bridgehead atoms. The lowest BCUT2D eigenvalue weighted by Gasteiger charge is -2.10. The SMILES string of the molecule is C[n+]1ccc(C2=c3ccc([nH]3)=C(c3ccc(NC(=O)c4ccccc4)cc3)c3ccc([nH]3)C(c3cc[n+](C)cc3)=c3ccc([nH]3)=C(c3cc[n+](C)cc3)c3ccc2[nH]3)cc1. The number of anilines is 1. The molecule has 10 rings (SSSR count). The zero-order valence-corrected chi connectivity index (χ0v) is 33.5. The predicted octanol–water partition coefficient (Wildman–Crippen LogP) is 4.03. The molecular weight excluding hydrogens is 741 g/mol. The standard InChI is InChI=1S/C51H40N8O/c1-57-27-21-34(22-28-57)48-41-15-13-39(53-41)47(33-9-11-38(12-10-33)52-51(60)37-7-5-4-6-8-37)40-14-16-42(54-40)49(35-23-29-58(2)30-24-35)44-18-20-46(56-44)50(45-19-17-43(48)55-45)36-25-31-59(3)32-26-36/h4-32H,1-3H3,(H2-,52,53,54,55,56,60)/p+3. The first-order valence-electron chi connectivity index (χ1n) is 20.0. The van der Waals surface area contributed by atoms with Gasteiger partial charge in [-0.15, -0.1) is 0 Å². The minimum atomic E-state index is -0.151. The number of benzene rings is 2. The quantitative estimate of drug-likeness (QED) is 0.162. The van der Waals surface area contributed by atoms with Crippen molar-refractivity contribution in [1.29, 1.82) is 0 Å². The van der Waals surface area contributed by atoms with E-state index in [1.54, 1.807) is 0 Å². The zero-order valence-electron chi connectivity index (χ0n) is 33.5. The van der Waals surface area contributed by atoms with Gasteiger partial charge in [0.05, 0.1) is 0 Å². The fourth-order valence-corrected chi connectivity index (χ4v) is 8.09. The lowest BCUT2D eigenvalue weighted by Crippen LogP contribution is -2.26. The molecule has 0 atom stereocenters. The van der Waals surface area contributed by atoms with Crippen molar-refractivity contribution in [3.05, 3.63) is 249 Å². The Kier molecular flexibility index (Phi) is 9.10. The number of H-pyrrole nitrogens is 4. The van der Waals surface area contributed by atoms with E-state index >= 15 is 0 Å². The molecule has 1 aliphatic heterocycles. The van der Waals surface area contributed by atoms with Crippen LogP contribution in [0.3, 0.4) is 0 Å². The number of carbonyl (C=O) groups is 1. The maximum Gasteiger partial charge on any atom is 0.255 e. The van der Waals surface area contributed by atoms with Crippen LogP contribution in [0.1, 0.15) is 55.4 Å². The van der Waals surface area contributed by atoms with E-state index in [0.29, 0.717) is 11.3 Å². The van der Waals surface area contributed by atoms with Crippen LogP contribution in [0.15, 0.2) is 177 Å². The summed E-state index contributed by atoms with van der Waals surface area (Å²) in [5.74, 6) is -0.151. The van der Waals surface area contributed by atoms with E-state index in [1.807, 2.05) is 72.7 Å². The Hall–Kier alpha value is -8.04. The number of amides is 1. The minimum absolute atomic E-state index is 0.151. The predicted molar refractivity (Wildman–Crippen MR) is 232 cm³/mol. The van der Waals surface area contributed by atoms with Gasteiger partial charge in [0, 0.05) is 114 Å². The molecule has 2 aromatic carbocycles. The van der Waals surface area contributed by atoms with Crippen LogP contribution in [0.5, 0.6) is 0 Å². The van der Waals surface area contributed by atoms with Crippen molar-refractivity contribution >= 4 is 33.9 Å². The van der Waals surface area contributed by atoms with Crippen LogP contribution in [0.4, 0.5) is 5.69 Å². The number of carbonyl (C=O) groups excluding carboxylic acids is 1. The Bertz CT molecular complexity index is 3290. The molecule has 0 spiro atoms. The first-order valence-corrected chi connectivity index (χ1v) is 20.0. The monoisotopic (exact) mass is 783 g/mol. The highest BCUT2D eigenvalue weighted by atomic mass is 16.1. The topological polar surface area (TPSA) is 104 Å². The number of fused-ring (bicyclic) bond motifs is 8. The fraction of sp³-hybridized carbons (Fsp3) is 0.0588. The number of aromatic nitrogens is 7. The molecule has 8 heterocycles. The molecule has 7 aromatic heterocycles. The van der Waals surface area contributed by atoms with Crippen molar-refractivity contribution < 1.29 is 18.5 Å². The van der Waals surface area contributed by atoms with Gasteiger partial charge in [0.1, 0.15) is 21.1 Å². The van der Waals surface area contributed by atoms with E-state index in [4.69, 9.17) is 0 Å². The van der Waals surface area contributed by atoms with Crippen molar-refractivity contribution in [3.8, 4) is 0 Å². The fourth-order valence-electron chi connectivity index (χ4n) is 8.09. The van der Waals surface area contributed by atoms with Crippen molar-refractivity contribution in [2.45, 2.75) is 0 Å². The Morgan fingerprint density at radius 2 is 0.717 bits per heavy atom. The summed E-state index contributed by atoms with van der Waals surface area (Å²) in [6.45, 7) is 0. The molecule has 9 aromatic rings. The van der Waals surface area contributed by atoms with E-state index in [0.717, 1.165) is 88.7 Å². The van der Waals surface area contributed by atoms with Crippen LogP contribution in [0, 0.1) is 0 Å². The van der Waals surface area contributed by atoms with E-state index < -0.39 is 0 Å². The number of aryl methyl sites for hydroxylation is 3. The van der Waals surface area contributed by atoms with Gasteiger partial charge in [0.25, 0.3) is 5.91 Å². The third kappa shape index (κ3) is 6.88. The molecule has 0 aliphatic carbocycles. The average molecular weight is 784 g/mol. The summed E-state index contributed by atoms with van der Waals surface area (Å²) in [4.78, 5) is 28.5. The third-order valence-electron chi connectivity index (χ3n) is 11.2. The Labute approximate surface area is 346 Å². The maximum atomic E-state index is 13.1. The second-order valence-corrected chi connectivity index (χ2v) is 15.3. The summed E-state index contributed by atoms with van der Waals surface area (Å²) in [7, 11) is 6.10. The summed E-state index contributed by atoms with van der Waals surface area (Å²) >= 11 is 0. The molecule has 0 radical (unpaired) electrons. The summed E-state index contributed by atoms with van der Waals surface area (Å²) in [5.41, 5.74) is 13.6. The van der Waals surface area contributed by atoms with Crippen molar-refractivity contribution in [1.82, 2.24) is 19.9 Å². The van der Waals surface area contributed by atoms with Crippen LogP contribution in [-0.2, 0) is 21.1 Å². The number of rotatable bonds is 6. The molecule has 0 unspecified atom stereocenters. The van der Waals surface area contributed by atoms with Crippen molar-refractivity contribution in [2.24, 2.45) is 21.1 Å². The molecular formula is C51H43N8O+3. The van der Waals surface area contributed by atoms with Gasteiger partial charge >= 0.3 is 0 Å². The van der Waals surface area contributed by atoms with E-state index in [-0.39, 0.29) is 5.91 Å². The summed E-state index contributed by atoms with van der Waals surface area (Å²) in [6, 6.07) is 47.6. The summed E-state index contributed by atoms with van der Waals surface area (Å²) < 4.78 is 6.15. The number of hydrogen-bond acceptors (Lipinski definition) is 1. The highest BCUT2D eigenvalue weighted by Crippen LogP contribution is 2.28. The number of pyridine rings is 3. The van der Waals surface area contributed by atoms with Gasteiger partial charge in [-0.1, -0.05) is 30.3 Å². The van der Waals surface area contributed by atoms with Crippen LogP contribution >= 0.6 is 0 Å². The molecule has 290 valence electrons. The molecule has 9 nitrogen and oxygen atoms in total. The highest BCUT2D eigenvalue weighted by molar-refractivity contribution is 6.04. The second kappa shape index (κ2) is 15.0. The number of nitrogens with one attached hydrogen (secondary N) is 5. The number of nitrogens with zero attached hydrogens (tertiary/aromatic N) is 3. The average Bonchev–Trinajstić information content (AvgIpc) is 4.12. The summed E-state index contributed by atoms with van der Waals surface area (Å²) in [5, 5.41) is 6.94. The van der Waals surface area contributed by atoms with Gasteiger partial charge in [0.2, 0.25) is 0 Å².